The summed E-state index contributed by atoms with van der Waals surface area (Å²) in [7, 11) is 1.63. The van der Waals surface area contributed by atoms with Gasteiger partial charge in [0.1, 0.15) is 11.4 Å². The molecule has 4 rings (SSSR count). The Kier molecular flexibility index (Phi) is 7.17. The van der Waals surface area contributed by atoms with Crippen molar-refractivity contribution in [3.63, 3.8) is 0 Å². The van der Waals surface area contributed by atoms with E-state index >= 15 is 0 Å². The van der Waals surface area contributed by atoms with Crippen LogP contribution in [-0.2, 0) is 9.47 Å². The average molecular weight is 574 g/mol. The highest BCUT2D eigenvalue weighted by Gasteiger charge is 2.37. The first-order chi connectivity index (χ1) is 15.9. The van der Waals surface area contributed by atoms with Gasteiger partial charge in [-0.1, -0.05) is 11.6 Å². The van der Waals surface area contributed by atoms with Crippen LogP contribution in [0.15, 0.2) is 20.2 Å². The predicted octanol–water partition coefficient (Wildman–Crippen LogP) is 4.94. The highest BCUT2D eigenvalue weighted by molar-refractivity contribution is 9.10. The third-order valence-electron chi connectivity index (χ3n) is 6.07. The molecule has 0 saturated carbocycles. The maximum atomic E-state index is 13.3. The molecular formula is C23H30BrClN4O4S. The van der Waals surface area contributed by atoms with Crippen LogP contribution in [0, 0.1) is 0 Å². The number of hydrogen-bond acceptors (Lipinski definition) is 7. The molecule has 11 heteroatoms. The Hall–Kier alpha value is -1.49. The van der Waals surface area contributed by atoms with Crippen LogP contribution in [-0.4, -0.2) is 70.8 Å². The quantitative estimate of drug-likeness (QED) is 0.515. The minimum Gasteiger partial charge on any atom is -0.444 e. The van der Waals surface area contributed by atoms with E-state index in [0.29, 0.717) is 36.3 Å². The Morgan fingerprint density at radius 3 is 2.65 bits per heavy atom. The van der Waals surface area contributed by atoms with Gasteiger partial charge in [-0.2, -0.15) is 4.98 Å². The van der Waals surface area contributed by atoms with Crippen molar-refractivity contribution in [3.05, 3.63) is 26.0 Å². The number of benzene rings is 1. The van der Waals surface area contributed by atoms with Crippen LogP contribution in [0.3, 0.4) is 0 Å². The summed E-state index contributed by atoms with van der Waals surface area (Å²) in [5, 5.41) is 1.39. The number of hydrogen-bond donors (Lipinski definition) is 0. The first kappa shape index (κ1) is 25.6. The largest absolute Gasteiger partial charge is 0.444 e. The monoisotopic (exact) mass is 572 g/mol. The minimum atomic E-state index is -0.565. The van der Waals surface area contributed by atoms with Gasteiger partial charge in [-0.15, -0.1) is 11.8 Å². The van der Waals surface area contributed by atoms with E-state index in [0.717, 1.165) is 20.3 Å². The zero-order chi connectivity index (χ0) is 24.9. The third-order valence-corrected chi connectivity index (χ3v) is 8.92. The van der Waals surface area contributed by atoms with E-state index in [1.807, 2.05) is 40.7 Å². The molecule has 3 heterocycles. The summed E-state index contributed by atoms with van der Waals surface area (Å²) in [6, 6.07) is 1.55. The van der Waals surface area contributed by atoms with Gasteiger partial charge < -0.3 is 19.3 Å². The van der Waals surface area contributed by atoms with Gasteiger partial charge in [-0.25, -0.2) is 9.59 Å². The van der Waals surface area contributed by atoms with Crippen molar-refractivity contribution in [2.45, 2.75) is 63.2 Å². The van der Waals surface area contributed by atoms with Gasteiger partial charge in [0, 0.05) is 48.3 Å². The number of piperazine rings is 1. The molecule has 1 aromatic heterocycles. The highest BCUT2D eigenvalue weighted by atomic mass is 79.9. The molecule has 2 aliphatic heterocycles. The van der Waals surface area contributed by atoms with Crippen LogP contribution in [0.5, 0.6) is 0 Å². The van der Waals surface area contributed by atoms with Crippen molar-refractivity contribution < 1.29 is 14.3 Å². The van der Waals surface area contributed by atoms with Crippen molar-refractivity contribution in [2.75, 3.05) is 37.5 Å². The lowest BCUT2D eigenvalue weighted by Crippen LogP contribution is -2.59. The Bertz CT molecular complexity index is 1180. The van der Waals surface area contributed by atoms with E-state index in [2.05, 4.69) is 25.8 Å². The first-order valence-corrected chi connectivity index (χ1v) is 13.4. The molecule has 2 aromatic rings. The number of rotatable bonds is 3. The molecule has 0 aliphatic carbocycles. The first-order valence-electron chi connectivity index (χ1n) is 11.2. The summed E-state index contributed by atoms with van der Waals surface area (Å²) in [4.78, 5) is 35.4. The second-order valence-electron chi connectivity index (χ2n) is 9.89. The van der Waals surface area contributed by atoms with Crippen LogP contribution in [0.2, 0.25) is 5.02 Å². The number of aromatic nitrogens is 2. The number of carbonyl (C=O) groups excluding carboxylic acids is 1. The number of anilines is 1. The average Bonchev–Trinajstić information content (AvgIpc) is 2.74. The molecular weight excluding hydrogens is 544 g/mol. The summed E-state index contributed by atoms with van der Waals surface area (Å²) in [6.07, 6.45) is -0.331. The smallest absolute Gasteiger partial charge is 0.410 e. The molecule has 0 unspecified atom stereocenters. The molecule has 1 aromatic carbocycles. The van der Waals surface area contributed by atoms with Gasteiger partial charge in [0.05, 0.1) is 27.7 Å². The van der Waals surface area contributed by atoms with E-state index in [1.54, 1.807) is 28.3 Å². The molecule has 0 radical (unpaired) electrons. The summed E-state index contributed by atoms with van der Waals surface area (Å²) in [5.41, 5.74) is -0.0572. The topological polar surface area (TPSA) is 76.9 Å². The second kappa shape index (κ2) is 9.52. The summed E-state index contributed by atoms with van der Waals surface area (Å²) < 4.78 is 13.5. The van der Waals surface area contributed by atoms with Crippen LogP contribution in [0.1, 0.15) is 40.7 Å². The van der Waals surface area contributed by atoms with Gasteiger partial charge in [0.15, 0.2) is 0 Å². The fourth-order valence-corrected chi connectivity index (χ4v) is 6.65. The van der Waals surface area contributed by atoms with E-state index in [4.69, 9.17) is 21.1 Å². The van der Waals surface area contributed by atoms with E-state index < -0.39 is 5.60 Å². The number of halogens is 2. The molecule has 0 bridgehead atoms. The van der Waals surface area contributed by atoms with Crippen LogP contribution >= 0.6 is 39.3 Å². The van der Waals surface area contributed by atoms with Crippen molar-refractivity contribution in [1.82, 2.24) is 14.5 Å². The Labute approximate surface area is 217 Å². The molecule has 0 spiro atoms. The van der Waals surface area contributed by atoms with E-state index in [-0.39, 0.29) is 29.9 Å². The van der Waals surface area contributed by atoms with Gasteiger partial charge in [-0.05, 0) is 56.6 Å². The number of methoxy groups -OCH3 is 1. The number of amides is 1. The normalized spacial score (nSPS) is 22.9. The van der Waals surface area contributed by atoms with Crippen molar-refractivity contribution >= 4 is 62.1 Å². The molecule has 3 atom stereocenters. The maximum Gasteiger partial charge on any atom is 0.410 e. The highest BCUT2D eigenvalue weighted by Crippen LogP contribution is 2.46. The van der Waals surface area contributed by atoms with Crippen molar-refractivity contribution in [3.8, 4) is 0 Å². The molecule has 1 fully saturated rings. The third kappa shape index (κ3) is 4.66. The minimum absolute atomic E-state index is 0.0779. The number of carbonyl (C=O) groups is 1. The summed E-state index contributed by atoms with van der Waals surface area (Å²) in [5.74, 6) is 1.28. The maximum absolute atomic E-state index is 13.3. The number of ether oxygens (including phenoxy) is 2. The van der Waals surface area contributed by atoms with Gasteiger partial charge in [-0.3, -0.25) is 4.57 Å². The molecule has 34 heavy (non-hydrogen) atoms. The molecule has 2 aliphatic rings. The second-order valence-corrected chi connectivity index (χ2v) is 12.1. The van der Waals surface area contributed by atoms with E-state index in [9.17, 15) is 9.59 Å². The van der Waals surface area contributed by atoms with Gasteiger partial charge in [0.2, 0.25) is 0 Å². The number of thioether (sulfide) groups is 1. The van der Waals surface area contributed by atoms with Crippen LogP contribution in [0.25, 0.3) is 10.9 Å². The predicted molar refractivity (Wildman–Crippen MR) is 140 cm³/mol. The van der Waals surface area contributed by atoms with Crippen molar-refractivity contribution in [2.24, 2.45) is 0 Å². The Morgan fingerprint density at radius 2 is 2.00 bits per heavy atom. The fourth-order valence-electron chi connectivity index (χ4n) is 4.56. The van der Waals surface area contributed by atoms with Gasteiger partial charge >= 0.3 is 11.8 Å². The zero-order valence-corrected chi connectivity index (χ0v) is 23.4. The summed E-state index contributed by atoms with van der Waals surface area (Å²) in [6.45, 7) is 11.0. The fraction of sp³-hybridized carbons (Fsp3) is 0.609. The van der Waals surface area contributed by atoms with Gasteiger partial charge in [0.25, 0.3) is 0 Å². The molecule has 8 nitrogen and oxygen atoms in total. The zero-order valence-electron chi connectivity index (χ0n) is 20.2. The molecule has 1 amide bonds. The van der Waals surface area contributed by atoms with Crippen LogP contribution in [0.4, 0.5) is 10.6 Å². The number of nitrogens with zero attached hydrogens (tertiary/aromatic N) is 4. The Balaban J connectivity index is 1.79. The summed E-state index contributed by atoms with van der Waals surface area (Å²) >= 11 is 11.9. The molecule has 1 saturated heterocycles. The lowest BCUT2D eigenvalue weighted by molar-refractivity contribution is 0.0130. The SMILES string of the molecule is COC[C@H]1CSc2c(Br)c(Cl)cc3c(N4C[C@H](C)N(C(=O)OC(C)(C)C)C[C@@H]4C)nc(=O)n1c23. The Morgan fingerprint density at radius 1 is 1.29 bits per heavy atom. The standard InChI is InChI=1S/C23H30BrClN4O4S/c1-12-9-28(22(31)33-23(3,4)5)13(2)8-27(12)20-15-7-16(25)17(24)19-18(15)29(21(30)26-20)14(10-32-6)11-34-19/h7,12-14H,8-11H2,1-6H3/t12-,13-,14-/m0/s1. The lowest BCUT2D eigenvalue weighted by Gasteiger charge is -2.45. The van der Waals surface area contributed by atoms with Crippen molar-refractivity contribution in [1.29, 1.82) is 0 Å². The molecule has 186 valence electrons. The lowest BCUT2D eigenvalue weighted by atomic mass is 10.1. The van der Waals surface area contributed by atoms with E-state index in [1.165, 1.54) is 0 Å². The van der Waals surface area contributed by atoms with Crippen LogP contribution < -0.4 is 10.6 Å². The molecule has 0 N–H and O–H groups in total.